The summed E-state index contributed by atoms with van der Waals surface area (Å²) in [5.74, 6) is -3.94. The van der Waals surface area contributed by atoms with E-state index < -0.39 is 42.2 Å². The molecular weight excluding hydrogens is 409 g/mol. The summed E-state index contributed by atoms with van der Waals surface area (Å²) in [4.78, 5) is 33.1. The molecule has 0 aliphatic rings. The molecule has 11 heteroatoms. The summed E-state index contributed by atoms with van der Waals surface area (Å²) in [6, 6.07) is 7.30. The number of nitrogens with two attached hydrogens (primary N) is 1. The molecule has 0 spiro atoms. The minimum absolute atomic E-state index is 0.0232. The summed E-state index contributed by atoms with van der Waals surface area (Å²) >= 11 is 0. The van der Waals surface area contributed by atoms with Crippen LogP contribution in [0.2, 0.25) is 0 Å². The molecule has 170 valence electrons. The number of aliphatic carboxylic acids is 1. The Morgan fingerprint density at radius 1 is 1.17 bits per heavy atom. The lowest BCUT2D eigenvalue weighted by Gasteiger charge is -2.24. The summed E-state index contributed by atoms with van der Waals surface area (Å²) in [5.41, 5.74) is 6.67. The van der Waals surface area contributed by atoms with Crippen LogP contribution in [-0.2, 0) is 25.7 Å². The van der Waals surface area contributed by atoms with Crippen LogP contribution in [0, 0.1) is 5.92 Å². The Morgan fingerprint density at radius 3 is 2.07 bits per heavy atom. The first kappa shape index (κ1) is 27.3. The SMILES string of the molecule is CCC(C)C(N)C(=O)NC(C(=O)OCc1ccccc1)C(C)O.O=C(O)C(F)(F)F. The van der Waals surface area contributed by atoms with Crippen molar-refractivity contribution in [2.75, 3.05) is 0 Å². The Hall–Kier alpha value is -2.66. The molecule has 0 aliphatic heterocycles. The van der Waals surface area contributed by atoms with Crippen LogP contribution in [0.3, 0.4) is 0 Å². The van der Waals surface area contributed by atoms with Gasteiger partial charge in [0, 0.05) is 0 Å². The van der Waals surface area contributed by atoms with Gasteiger partial charge >= 0.3 is 18.1 Å². The number of carbonyl (C=O) groups excluding carboxylic acids is 2. The third-order valence-electron chi connectivity index (χ3n) is 4.06. The maximum absolute atomic E-state index is 12.1. The normalized spacial score (nSPS) is 14.9. The van der Waals surface area contributed by atoms with Crippen LogP contribution in [0.25, 0.3) is 0 Å². The predicted octanol–water partition coefficient (Wildman–Crippen LogP) is 1.60. The van der Waals surface area contributed by atoms with Crippen molar-refractivity contribution in [2.24, 2.45) is 11.7 Å². The first-order valence-electron chi connectivity index (χ1n) is 9.05. The van der Waals surface area contributed by atoms with Gasteiger partial charge in [0.1, 0.15) is 6.61 Å². The summed E-state index contributed by atoms with van der Waals surface area (Å²) < 4.78 is 36.9. The number of carboxylic acid groups (broad SMARTS) is 1. The van der Waals surface area contributed by atoms with E-state index in [1.807, 2.05) is 44.2 Å². The fourth-order valence-electron chi connectivity index (χ4n) is 1.96. The average Bonchev–Trinajstić information content (AvgIpc) is 2.69. The van der Waals surface area contributed by atoms with Crippen molar-refractivity contribution in [2.45, 2.75) is 58.2 Å². The topological polar surface area (TPSA) is 139 Å². The van der Waals surface area contributed by atoms with Gasteiger partial charge in [-0.05, 0) is 18.4 Å². The van der Waals surface area contributed by atoms with E-state index in [0.717, 1.165) is 12.0 Å². The Bertz CT molecular complexity index is 683. The summed E-state index contributed by atoms with van der Waals surface area (Å²) in [6.07, 6.45) is -5.42. The number of hydrogen-bond acceptors (Lipinski definition) is 6. The number of ether oxygens (including phenoxy) is 1. The zero-order valence-electron chi connectivity index (χ0n) is 16.8. The zero-order chi connectivity index (χ0) is 23.5. The number of aliphatic hydroxyl groups excluding tert-OH is 1. The molecule has 30 heavy (non-hydrogen) atoms. The molecule has 0 radical (unpaired) electrons. The quantitative estimate of drug-likeness (QED) is 0.454. The van der Waals surface area contributed by atoms with E-state index in [2.05, 4.69) is 5.32 Å². The van der Waals surface area contributed by atoms with Gasteiger partial charge < -0.3 is 26.0 Å². The number of benzene rings is 1. The molecule has 5 N–H and O–H groups in total. The van der Waals surface area contributed by atoms with E-state index in [-0.39, 0.29) is 12.5 Å². The number of rotatable bonds is 8. The first-order chi connectivity index (χ1) is 13.8. The van der Waals surface area contributed by atoms with Crippen LogP contribution >= 0.6 is 0 Å². The number of aliphatic hydroxyl groups is 1. The summed E-state index contributed by atoms with van der Waals surface area (Å²) in [5, 5.41) is 19.4. The number of esters is 1. The second kappa shape index (κ2) is 12.8. The predicted molar refractivity (Wildman–Crippen MR) is 101 cm³/mol. The minimum atomic E-state index is -5.08. The average molecular weight is 436 g/mol. The summed E-state index contributed by atoms with van der Waals surface area (Å²) in [7, 11) is 0. The standard InChI is InChI=1S/C17H26N2O4.C2HF3O2/c1-4-11(2)14(18)16(21)19-15(12(3)20)17(22)23-10-13-8-6-5-7-9-13;3-2(4,5)1(6)7/h5-9,11-12,14-15,20H,4,10,18H2,1-3H3,(H,19,21);(H,6,7). The van der Waals surface area contributed by atoms with Crippen molar-refractivity contribution in [1.29, 1.82) is 0 Å². The number of amides is 1. The molecule has 0 aliphatic carbocycles. The molecule has 1 aromatic carbocycles. The second-order valence-corrected chi connectivity index (χ2v) is 6.53. The minimum Gasteiger partial charge on any atom is -0.475 e. The van der Waals surface area contributed by atoms with Crippen molar-refractivity contribution >= 4 is 17.8 Å². The van der Waals surface area contributed by atoms with Crippen molar-refractivity contribution < 1.29 is 42.5 Å². The number of nitrogens with one attached hydrogen (secondary N) is 1. The molecule has 8 nitrogen and oxygen atoms in total. The molecule has 0 fully saturated rings. The maximum Gasteiger partial charge on any atom is 0.490 e. The van der Waals surface area contributed by atoms with Crippen molar-refractivity contribution in [3.05, 3.63) is 35.9 Å². The molecule has 4 atom stereocenters. The lowest BCUT2D eigenvalue weighted by atomic mass is 9.99. The summed E-state index contributed by atoms with van der Waals surface area (Å²) in [6.45, 7) is 5.28. The van der Waals surface area contributed by atoms with Crippen LogP contribution in [-0.4, -0.2) is 52.4 Å². The van der Waals surface area contributed by atoms with E-state index in [9.17, 15) is 27.9 Å². The van der Waals surface area contributed by atoms with Gasteiger partial charge in [0.25, 0.3) is 0 Å². The molecule has 0 heterocycles. The fourth-order valence-corrected chi connectivity index (χ4v) is 1.96. The monoisotopic (exact) mass is 436 g/mol. The van der Waals surface area contributed by atoms with Crippen LogP contribution < -0.4 is 11.1 Å². The van der Waals surface area contributed by atoms with Gasteiger partial charge in [0.2, 0.25) is 5.91 Å². The highest BCUT2D eigenvalue weighted by Crippen LogP contribution is 2.13. The van der Waals surface area contributed by atoms with E-state index in [0.29, 0.717) is 0 Å². The molecule has 0 saturated heterocycles. The lowest BCUT2D eigenvalue weighted by Crippen LogP contribution is -2.54. The van der Waals surface area contributed by atoms with Gasteiger partial charge in [-0.3, -0.25) is 4.79 Å². The number of carboxylic acids is 1. The highest BCUT2D eigenvalue weighted by molar-refractivity contribution is 5.87. The molecule has 0 saturated carbocycles. The molecule has 4 unspecified atom stereocenters. The Morgan fingerprint density at radius 2 is 1.67 bits per heavy atom. The van der Waals surface area contributed by atoms with Crippen LogP contribution in [0.1, 0.15) is 32.8 Å². The third-order valence-corrected chi connectivity index (χ3v) is 4.06. The highest BCUT2D eigenvalue weighted by atomic mass is 19.4. The number of halogens is 3. The van der Waals surface area contributed by atoms with Crippen LogP contribution in [0.5, 0.6) is 0 Å². The Labute approximate surface area is 172 Å². The van der Waals surface area contributed by atoms with Crippen molar-refractivity contribution in [1.82, 2.24) is 5.32 Å². The van der Waals surface area contributed by atoms with Gasteiger partial charge in [-0.25, -0.2) is 9.59 Å². The number of carbonyl (C=O) groups is 3. The van der Waals surface area contributed by atoms with Crippen LogP contribution in [0.15, 0.2) is 30.3 Å². The largest absolute Gasteiger partial charge is 0.490 e. The van der Waals surface area contributed by atoms with E-state index in [1.165, 1.54) is 6.92 Å². The molecule has 1 rings (SSSR count). The third kappa shape index (κ3) is 10.2. The van der Waals surface area contributed by atoms with Crippen LogP contribution in [0.4, 0.5) is 13.2 Å². The van der Waals surface area contributed by atoms with Gasteiger partial charge in [-0.2, -0.15) is 13.2 Å². The van der Waals surface area contributed by atoms with Gasteiger partial charge in [0.05, 0.1) is 12.1 Å². The Kier molecular flexibility index (Phi) is 11.7. The number of alkyl halides is 3. The van der Waals surface area contributed by atoms with Crippen molar-refractivity contribution in [3.63, 3.8) is 0 Å². The van der Waals surface area contributed by atoms with E-state index in [1.54, 1.807) is 0 Å². The molecule has 0 bridgehead atoms. The van der Waals surface area contributed by atoms with Gasteiger partial charge in [-0.1, -0.05) is 50.6 Å². The van der Waals surface area contributed by atoms with Gasteiger partial charge in [-0.15, -0.1) is 0 Å². The first-order valence-corrected chi connectivity index (χ1v) is 9.05. The molecule has 1 amide bonds. The molecular formula is C19H27F3N2O6. The molecule has 1 aromatic rings. The van der Waals surface area contributed by atoms with Gasteiger partial charge in [0.15, 0.2) is 6.04 Å². The lowest BCUT2D eigenvalue weighted by molar-refractivity contribution is -0.192. The number of hydrogen-bond donors (Lipinski definition) is 4. The fraction of sp³-hybridized carbons (Fsp3) is 0.526. The maximum atomic E-state index is 12.1. The zero-order valence-corrected chi connectivity index (χ0v) is 16.8. The van der Waals surface area contributed by atoms with E-state index in [4.69, 9.17) is 20.4 Å². The smallest absolute Gasteiger partial charge is 0.475 e. The van der Waals surface area contributed by atoms with E-state index >= 15 is 0 Å². The molecule has 0 aromatic heterocycles. The second-order valence-electron chi connectivity index (χ2n) is 6.53. The Balaban J connectivity index is 0.00000103. The van der Waals surface area contributed by atoms with Crippen molar-refractivity contribution in [3.8, 4) is 0 Å². The highest BCUT2D eigenvalue weighted by Gasteiger charge is 2.38.